The van der Waals surface area contributed by atoms with Crippen LogP contribution in [0.5, 0.6) is 0 Å². The number of nitrogens with one attached hydrogen (secondary N) is 2. The van der Waals surface area contributed by atoms with Gasteiger partial charge in [-0.3, -0.25) is 0 Å². The van der Waals surface area contributed by atoms with Crippen molar-refractivity contribution in [3.8, 4) is 0 Å². The topological polar surface area (TPSA) is 52.6 Å². The molecule has 2 N–H and O–H groups in total. The van der Waals surface area contributed by atoms with Crippen molar-refractivity contribution in [3.05, 3.63) is 16.1 Å². The predicted octanol–water partition coefficient (Wildman–Crippen LogP) is 4.20. The summed E-state index contributed by atoms with van der Waals surface area (Å²) in [7, 11) is 0. The number of thiazole rings is 1. The third-order valence-corrected chi connectivity index (χ3v) is 5.86. The van der Waals surface area contributed by atoms with E-state index in [1.165, 1.54) is 37.4 Å². The van der Waals surface area contributed by atoms with Crippen LogP contribution in [0.3, 0.4) is 0 Å². The second kappa shape index (κ2) is 12.9. The van der Waals surface area contributed by atoms with E-state index in [-0.39, 0.29) is 24.0 Å². The lowest BCUT2D eigenvalue weighted by atomic mass is 10.0. The van der Waals surface area contributed by atoms with E-state index in [0.29, 0.717) is 12.5 Å². The minimum Gasteiger partial charge on any atom is -0.357 e. The highest BCUT2D eigenvalue weighted by Gasteiger charge is 2.17. The molecule has 26 heavy (non-hydrogen) atoms. The van der Waals surface area contributed by atoms with Gasteiger partial charge in [-0.05, 0) is 39.7 Å². The molecule has 1 fully saturated rings. The second-order valence-electron chi connectivity index (χ2n) is 7.19. The van der Waals surface area contributed by atoms with Crippen LogP contribution < -0.4 is 10.6 Å². The Labute approximate surface area is 180 Å². The first-order chi connectivity index (χ1) is 12.1. The van der Waals surface area contributed by atoms with Crippen molar-refractivity contribution in [3.63, 3.8) is 0 Å². The third kappa shape index (κ3) is 8.08. The minimum absolute atomic E-state index is 0. The smallest absolute Gasteiger partial charge is 0.191 e. The normalized spacial score (nSPS) is 18.7. The molecule has 150 valence electrons. The summed E-state index contributed by atoms with van der Waals surface area (Å²) < 4.78 is 0. The van der Waals surface area contributed by atoms with Gasteiger partial charge in [0, 0.05) is 37.0 Å². The van der Waals surface area contributed by atoms with Crippen LogP contribution in [-0.2, 0) is 6.54 Å². The maximum Gasteiger partial charge on any atom is 0.191 e. The molecule has 1 saturated heterocycles. The Balaban J connectivity index is 0.00000338. The Kier molecular flexibility index (Phi) is 11.7. The number of halogens is 1. The highest BCUT2D eigenvalue weighted by molar-refractivity contribution is 14.0. The zero-order chi connectivity index (χ0) is 18.1. The lowest BCUT2D eigenvalue weighted by Crippen LogP contribution is -2.41. The van der Waals surface area contributed by atoms with Crippen LogP contribution in [0.25, 0.3) is 0 Å². The molecule has 0 spiro atoms. The lowest BCUT2D eigenvalue weighted by Gasteiger charge is -2.33. The van der Waals surface area contributed by atoms with Gasteiger partial charge in [0.1, 0.15) is 0 Å². The van der Waals surface area contributed by atoms with Gasteiger partial charge < -0.3 is 15.5 Å². The lowest BCUT2D eigenvalue weighted by molar-refractivity contribution is 0.159. The van der Waals surface area contributed by atoms with Crippen LogP contribution in [0.15, 0.2) is 10.4 Å². The summed E-state index contributed by atoms with van der Waals surface area (Å²) in [5.74, 6) is 1.39. The van der Waals surface area contributed by atoms with Crippen LogP contribution in [0.4, 0.5) is 0 Å². The summed E-state index contributed by atoms with van der Waals surface area (Å²) in [6.45, 7) is 13.7. The maximum atomic E-state index is 4.68. The van der Waals surface area contributed by atoms with Crippen molar-refractivity contribution in [1.82, 2.24) is 20.5 Å². The van der Waals surface area contributed by atoms with Crippen LogP contribution in [-0.4, -0.2) is 48.1 Å². The van der Waals surface area contributed by atoms with E-state index in [1.807, 2.05) is 0 Å². The SMILES string of the molecule is CCNC(=NCc1csc(C(C)C)n1)NCCCN1CCCCC1C.I. The van der Waals surface area contributed by atoms with Crippen LogP contribution >= 0.6 is 35.3 Å². The molecular weight excluding hydrogens is 457 g/mol. The fourth-order valence-electron chi connectivity index (χ4n) is 3.14. The Morgan fingerprint density at radius 3 is 2.85 bits per heavy atom. The highest BCUT2D eigenvalue weighted by atomic mass is 127. The average Bonchev–Trinajstić information content (AvgIpc) is 3.07. The Bertz CT molecular complexity index is 532. The number of rotatable bonds is 8. The molecule has 2 heterocycles. The monoisotopic (exact) mass is 493 g/mol. The standard InChI is InChI=1S/C19H35N5S.HI/c1-5-20-19(22-13-17-14-25-18(23-17)15(2)3)21-10-8-12-24-11-7-6-9-16(24)4;/h14-16H,5-13H2,1-4H3,(H2,20,21,22);1H. The van der Waals surface area contributed by atoms with Gasteiger partial charge >= 0.3 is 0 Å². The van der Waals surface area contributed by atoms with E-state index in [1.54, 1.807) is 11.3 Å². The highest BCUT2D eigenvalue weighted by Crippen LogP contribution is 2.19. The van der Waals surface area contributed by atoms with E-state index in [4.69, 9.17) is 0 Å². The molecule has 2 rings (SSSR count). The Morgan fingerprint density at radius 1 is 1.38 bits per heavy atom. The number of hydrogen-bond acceptors (Lipinski definition) is 4. The van der Waals surface area contributed by atoms with Crippen LogP contribution in [0.1, 0.15) is 70.0 Å². The molecule has 0 aliphatic carbocycles. The van der Waals surface area contributed by atoms with Gasteiger partial charge in [0.25, 0.3) is 0 Å². The van der Waals surface area contributed by atoms with Crippen molar-refractivity contribution in [2.24, 2.45) is 4.99 Å². The summed E-state index contributed by atoms with van der Waals surface area (Å²) in [4.78, 5) is 12.0. The van der Waals surface area contributed by atoms with Crippen LogP contribution in [0.2, 0.25) is 0 Å². The number of hydrogen-bond donors (Lipinski definition) is 2. The molecular formula is C19H36IN5S. The number of aromatic nitrogens is 1. The van der Waals surface area contributed by atoms with E-state index in [2.05, 4.69) is 58.6 Å². The number of guanidine groups is 1. The number of nitrogens with zero attached hydrogens (tertiary/aromatic N) is 3. The first-order valence-corrected chi connectivity index (χ1v) is 10.7. The molecule has 0 radical (unpaired) electrons. The fraction of sp³-hybridized carbons (Fsp3) is 0.789. The van der Waals surface area contributed by atoms with Gasteiger partial charge in [0.15, 0.2) is 5.96 Å². The molecule has 0 bridgehead atoms. The molecule has 0 saturated carbocycles. The quantitative estimate of drug-likeness (QED) is 0.247. The van der Waals surface area contributed by atoms with Gasteiger partial charge in [-0.2, -0.15) is 0 Å². The number of aliphatic imine (C=N–C) groups is 1. The molecule has 1 aliphatic heterocycles. The van der Waals surface area contributed by atoms with E-state index >= 15 is 0 Å². The van der Waals surface area contributed by atoms with Crippen molar-refractivity contribution in [2.75, 3.05) is 26.2 Å². The second-order valence-corrected chi connectivity index (χ2v) is 8.08. The Hall–Kier alpha value is -0.410. The fourth-order valence-corrected chi connectivity index (χ4v) is 3.97. The summed E-state index contributed by atoms with van der Waals surface area (Å²) in [6.07, 6.45) is 5.25. The predicted molar refractivity (Wildman–Crippen MR) is 124 cm³/mol. The first kappa shape index (κ1) is 23.6. The zero-order valence-corrected chi connectivity index (χ0v) is 19.9. The van der Waals surface area contributed by atoms with Crippen molar-refractivity contribution in [1.29, 1.82) is 0 Å². The van der Waals surface area contributed by atoms with Gasteiger partial charge in [-0.25, -0.2) is 9.98 Å². The molecule has 7 heteroatoms. The molecule has 5 nitrogen and oxygen atoms in total. The van der Waals surface area contributed by atoms with Crippen LogP contribution in [0, 0.1) is 0 Å². The molecule has 1 aromatic rings. The zero-order valence-electron chi connectivity index (χ0n) is 16.8. The van der Waals surface area contributed by atoms with Gasteiger partial charge in [-0.15, -0.1) is 35.3 Å². The van der Waals surface area contributed by atoms with Gasteiger partial charge in [-0.1, -0.05) is 20.3 Å². The molecule has 1 aliphatic rings. The largest absolute Gasteiger partial charge is 0.357 e. The maximum absolute atomic E-state index is 4.68. The van der Waals surface area contributed by atoms with Crippen molar-refractivity contribution in [2.45, 2.75) is 71.9 Å². The van der Waals surface area contributed by atoms with Gasteiger partial charge in [0.2, 0.25) is 0 Å². The molecule has 0 aromatic carbocycles. The molecule has 0 amide bonds. The summed E-state index contributed by atoms with van der Waals surface area (Å²) in [5, 5.41) is 10.1. The Morgan fingerprint density at radius 2 is 2.19 bits per heavy atom. The van der Waals surface area contributed by atoms with Crippen molar-refractivity contribution < 1.29 is 0 Å². The molecule has 1 aromatic heterocycles. The van der Waals surface area contributed by atoms with Crippen molar-refractivity contribution >= 4 is 41.3 Å². The van der Waals surface area contributed by atoms with E-state index < -0.39 is 0 Å². The molecule has 1 atom stereocenters. The summed E-state index contributed by atoms with van der Waals surface area (Å²) in [5.41, 5.74) is 1.06. The van der Waals surface area contributed by atoms with E-state index in [0.717, 1.165) is 37.2 Å². The minimum atomic E-state index is 0. The first-order valence-electron chi connectivity index (χ1n) is 9.80. The van der Waals surface area contributed by atoms with Gasteiger partial charge in [0.05, 0.1) is 17.2 Å². The summed E-state index contributed by atoms with van der Waals surface area (Å²) >= 11 is 1.73. The average molecular weight is 494 g/mol. The molecule has 1 unspecified atom stereocenters. The summed E-state index contributed by atoms with van der Waals surface area (Å²) in [6, 6.07) is 0.746. The van der Waals surface area contributed by atoms with E-state index in [9.17, 15) is 0 Å². The third-order valence-electron chi connectivity index (χ3n) is 4.66. The number of likely N-dealkylation sites (tertiary alicyclic amines) is 1. The number of piperidine rings is 1.